The molecule has 0 radical (unpaired) electrons. The molecule has 2 unspecified atom stereocenters. The maximum atomic E-state index is 13.5. The van der Waals surface area contributed by atoms with Crippen molar-refractivity contribution in [2.75, 3.05) is 13.1 Å². The van der Waals surface area contributed by atoms with Gasteiger partial charge in [-0.3, -0.25) is 4.79 Å². The average Bonchev–Trinajstić information content (AvgIpc) is 3.55. The first kappa shape index (κ1) is 31.8. The van der Waals surface area contributed by atoms with Gasteiger partial charge in [0.2, 0.25) is 5.91 Å². The summed E-state index contributed by atoms with van der Waals surface area (Å²) in [6.45, 7) is 16.2. The second-order valence-corrected chi connectivity index (χ2v) is 15.7. The van der Waals surface area contributed by atoms with Gasteiger partial charge in [-0.05, 0) is 79.6 Å². The van der Waals surface area contributed by atoms with E-state index in [-0.39, 0.29) is 52.4 Å². The van der Waals surface area contributed by atoms with Gasteiger partial charge in [-0.25, -0.2) is 4.79 Å². The molecule has 1 aromatic carbocycles. The molecule has 5 aliphatic rings. The Morgan fingerprint density at radius 1 is 1.19 bits per heavy atom. The summed E-state index contributed by atoms with van der Waals surface area (Å²) in [5.41, 5.74) is 1.02. The number of likely N-dealkylation sites (tertiary alicyclic amines) is 1. The molecule has 0 spiro atoms. The predicted octanol–water partition coefficient (Wildman–Crippen LogP) is 5.37. The third kappa shape index (κ3) is 6.47. The van der Waals surface area contributed by atoms with Gasteiger partial charge >= 0.3 is 13.1 Å². The Balaban J connectivity index is 1.22. The fourth-order valence-corrected chi connectivity index (χ4v) is 8.61. The second kappa shape index (κ2) is 12.1. The average molecular weight is 591 g/mol. The van der Waals surface area contributed by atoms with Crippen molar-refractivity contribution in [2.45, 2.75) is 111 Å². The van der Waals surface area contributed by atoms with Gasteiger partial charge in [-0.2, -0.15) is 5.26 Å². The standard InChI is InChI=1S/C34H51BN4O4/c1-22(19-32(2,3)4)26(20-36)30(40)39-15-11-14-25(39)21-37-31(41)38-29(16-23-12-9-8-10-13-23)35-42-28-18-24-17-27(33(24,5)6)34(28,7)43-35/h8-10,12-13,22,24-29H,11,14-19,21H2,1-7H3,(H2,37,38,41)/t22?,24-,25-,26?,27-,28+,29-,34-/m0/s1. The lowest BCUT2D eigenvalue weighted by molar-refractivity contribution is -0.199. The molecule has 0 aromatic heterocycles. The molecular weight excluding hydrogens is 539 g/mol. The Labute approximate surface area is 258 Å². The van der Waals surface area contributed by atoms with E-state index in [2.05, 4.69) is 70.4 Å². The quantitative estimate of drug-likeness (QED) is 0.377. The van der Waals surface area contributed by atoms with E-state index in [9.17, 15) is 14.9 Å². The van der Waals surface area contributed by atoms with Crippen molar-refractivity contribution < 1.29 is 18.9 Å². The van der Waals surface area contributed by atoms with Crippen molar-refractivity contribution >= 4 is 19.1 Å². The first-order chi connectivity index (χ1) is 20.2. The van der Waals surface area contributed by atoms with Crippen molar-refractivity contribution in [3.05, 3.63) is 35.9 Å². The second-order valence-electron chi connectivity index (χ2n) is 15.7. The van der Waals surface area contributed by atoms with Crippen molar-refractivity contribution in [2.24, 2.45) is 34.5 Å². The van der Waals surface area contributed by atoms with E-state index >= 15 is 0 Å². The number of rotatable bonds is 9. The monoisotopic (exact) mass is 590 g/mol. The predicted molar refractivity (Wildman–Crippen MR) is 168 cm³/mol. The molecule has 2 saturated heterocycles. The minimum Gasteiger partial charge on any atom is -0.404 e. The molecule has 2 aliphatic heterocycles. The molecule has 2 bridgehead atoms. The van der Waals surface area contributed by atoms with Crippen LogP contribution in [-0.4, -0.2) is 60.7 Å². The zero-order valence-corrected chi connectivity index (χ0v) is 27.2. The van der Waals surface area contributed by atoms with Gasteiger partial charge in [0.1, 0.15) is 5.92 Å². The summed E-state index contributed by atoms with van der Waals surface area (Å²) in [7, 11) is -0.540. The highest BCUT2D eigenvalue weighted by molar-refractivity contribution is 6.48. The molecule has 9 heteroatoms. The molecule has 2 heterocycles. The van der Waals surface area contributed by atoms with Crippen LogP contribution in [0.25, 0.3) is 0 Å². The number of nitrogens with one attached hydrogen (secondary N) is 2. The van der Waals surface area contributed by atoms with Crippen LogP contribution in [0.4, 0.5) is 4.79 Å². The number of nitriles is 1. The van der Waals surface area contributed by atoms with Crippen LogP contribution >= 0.6 is 0 Å². The third-order valence-electron chi connectivity index (χ3n) is 11.0. The minimum atomic E-state index is -0.679. The van der Waals surface area contributed by atoms with Gasteiger partial charge in [0, 0.05) is 19.1 Å². The molecule has 6 rings (SSSR count). The third-order valence-corrected chi connectivity index (χ3v) is 11.0. The Morgan fingerprint density at radius 2 is 1.91 bits per heavy atom. The lowest BCUT2D eigenvalue weighted by Crippen LogP contribution is -2.65. The molecule has 43 heavy (non-hydrogen) atoms. The summed E-state index contributed by atoms with van der Waals surface area (Å²) in [5.74, 6) is -0.114. The van der Waals surface area contributed by atoms with Crippen molar-refractivity contribution in [1.82, 2.24) is 15.5 Å². The molecule has 1 aromatic rings. The fourth-order valence-electron chi connectivity index (χ4n) is 8.61. The summed E-state index contributed by atoms with van der Waals surface area (Å²) >= 11 is 0. The van der Waals surface area contributed by atoms with Crippen molar-refractivity contribution in [3.8, 4) is 6.07 Å². The number of urea groups is 1. The van der Waals surface area contributed by atoms with Crippen LogP contribution < -0.4 is 10.6 Å². The highest BCUT2D eigenvalue weighted by Crippen LogP contribution is 2.65. The maximum Gasteiger partial charge on any atom is 0.482 e. The van der Waals surface area contributed by atoms with Crippen LogP contribution in [0.15, 0.2) is 30.3 Å². The summed E-state index contributed by atoms with van der Waals surface area (Å²) in [5, 5.41) is 16.1. The normalized spacial score (nSPS) is 31.3. The van der Waals surface area contributed by atoms with Gasteiger partial charge in [-0.15, -0.1) is 0 Å². The number of hydrogen-bond acceptors (Lipinski definition) is 5. The topological polar surface area (TPSA) is 104 Å². The number of carbonyl (C=O) groups is 2. The van der Waals surface area contributed by atoms with Crippen LogP contribution in [0.1, 0.15) is 86.1 Å². The largest absolute Gasteiger partial charge is 0.482 e. The maximum absolute atomic E-state index is 13.5. The summed E-state index contributed by atoms with van der Waals surface area (Å²) in [6, 6.07) is 12.0. The molecule has 8 atom stereocenters. The highest BCUT2D eigenvalue weighted by Gasteiger charge is 2.68. The minimum absolute atomic E-state index is 0.0317. The van der Waals surface area contributed by atoms with E-state index in [4.69, 9.17) is 9.31 Å². The summed E-state index contributed by atoms with van der Waals surface area (Å²) < 4.78 is 13.3. The molecular formula is C34H51BN4O4. The smallest absolute Gasteiger partial charge is 0.404 e. The van der Waals surface area contributed by atoms with E-state index < -0.39 is 13.0 Å². The summed E-state index contributed by atoms with van der Waals surface area (Å²) in [6.07, 6.45) is 5.24. The Kier molecular flexibility index (Phi) is 8.95. The zero-order chi connectivity index (χ0) is 31.2. The van der Waals surface area contributed by atoms with Gasteiger partial charge < -0.3 is 24.8 Å². The fraction of sp³-hybridized carbons (Fsp3) is 0.735. The molecule has 3 saturated carbocycles. The Hall–Kier alpha value is -2.57. The van der Waals surface area contributed by atoms with Gasteiger partial charge in [-0.1, -0.05) is 71.9 Å². The SMILES string of the molecule is CC(CC(C)(C)C)C(C#N)C(=O)N1CCC[C@H]1CNC(=O)N[C@@H](Cc1ccccc1)B1O[C@@H]2C[C@@H]3C[C@@H](C3(C)C)[C@]2(C)O1. The summed E-state index contributed by atoms with van der Waals surface area (Å²) in [4.78, 5) is 28.7. The van der Waals surface area contributed by atoms with Crippen LogP contribution in [-0.2, 0) is 20.5 Å². The highest BCUT2D eigenvalue weighted by atomic mass is 16.7. The molecule has 3 aliphatic carbocycles. The van der Waals surface area contributed by atoms with Gasteiger partial charge in [0.25, 0.3) is 0 Å². The molecule has 3 amide bonds. The first-order valence-electron chi connectivity index (χ1n) is 16.3. The number of hydrogen-bond donors (Lipinski definition) is 2. The van der Waals surface area contributed by atoms with Crippen molar-refractivity contribution in [3.63, 3.8) is 0 Å². The lowest BCUT2D eigenvalue weighted by atomic mass is 9.43. The van der Waals surface area contributed by atoms with E-state index in [0.29, 0.717) is 31.3 Å². The van der Waals surface area contributed by atoms with Gasteiger partial charge in [0.05, 0.1) is 23.7 Å². The number of nitrogens with zero attached hydrogens (tertiary/aromatic N) is 2. The van der Waals surface area contributed by atoms with E-state index in [1.807, 2.05) is 30.0 Å². The molecule has 234 valence electrons. The lowest BCUT2D eigenvalue weighted by Gasteiger charge is -2.64. The zero-order valence-electron chi connectivity index (χ0n) is 27.2. The van der Waals surface area contributed by atoms with Crippen LogP contribution in [0.5, 0.6) is 0 Å². The Morgan fingerprint density at radius 3 is 2.56 bits per heavy atom. The van der Waals surface area contributed by atoms with Crippen molar-refractivity contribution in [1.29, 1.82) is 5.26 Å². The van der Waals surface area contributed by atoms with Crippen LogP contribution in [0.2, 0.25) is 0 Å². The van der Waals surface area contributed by atoms with E-state index in [1.165, 1.54) is 6.42 Å². The molecule has 8 nitrogen and oxygen atoms in total. The molecule has 5 fully saturated rings. The van der Waals surface area contributed by atoms with Crippen LogP contribution in [0, 0.1) is 45.8 Å². The number of carbonyl (C=O) groups excluding carboxylic acids is 2. The van der Waals surface area contributed by atoms with Gasteiger partial charge in [0.15, 0.2) is 0 Å². The Bertz CT molecular complexity index is 1210. The van der Waals surface area contributed by atoms with E-state index in [1.54, 1.807) is 0 Å². The number of amides is 3. The number of benzene rings is 1. The molecule has 2 N–H and O–H groups in total. The first-order valence-corrected chi connectivity index (χ1v) is 16.3. The van der Waals surface area contributed by atoms with Crippen LogP contribution in [0.3, 0.4) is 0 Å². The van der Waals surface area contributed by atoms with E-state index in [0.717, 1.165) is 31.2 Å².